The molecule has 0 aromatic carbocycles. The SMILES string of the molecule is CCCC[S-].[Al+3].[CH2-]C(C)C.[CH2-]C(C)C. The van der Waals surface area contributed by atoms with Crippen LogP contribution in [0.2, 0.25) is 0 Å². The molecule has 0 heterocycles. The molecule has 0 unspecified atom stereocenters. The minimum atomic E-state index is 0. The van der Waals surface area contributed by atoms with E-state index in [1.807, 2.05) is 0 Å². The van der Waals surface area contributed by atoms with E-state index in [0.29, 0.717) is 11.8 Å². The minimum Gasteiger partial charge on any atom is -0.793 e. The molecule has 0 N–H and O–H groups in total. The van der Waals surface area contributed by atoms with Gasteiger partial charge < -0.3 is 26.5 Å². The number of hydrogen-bond donors (Lipinski definition) is 0. The molecule has 0 saturated heterocycles. The molecular weight excluding hydrogens is 203 g/mol. The summed E-state index contributed by atoms with van der Waals surface area (Å²) in [6.07, 6.45) is 2.44. The van der Waals surface area contributed by atoms with Crippen LogP contribution in [0.5, 0.6) is 0 Å². The van der Waals surface area contributed by atoms with Crippen molar-refractivity contribution >= 4 is 30.0 Å². The van der Waals surface area contributed by atoms with E-state index < -0.39 is 0 Å². The fourth-order valence-electron chi connectivity index (χ4n) is 0.144. The van der Waals surface area contributed by atoms with Crippen LogP contribution < -0.4 is 0 Å². The summed E-state index contributed by atoms with van der Waals surface area (Å²) in [6.45, 7) is 17.6. The summed E-state index contributed by atoms with van der Waals surface area (Å²) >= 11 is 4.65. The Morgan fingerprint density at radius 1 is 1.00 bits per heavy atom. The number of rotatable bonds is 2. The second kappa shape index (κ2) is 23.6. The fourth-order valence-corrected chi connectivity index (χ4v) is 0.433. The second-order valence-corrected chi connectivity index (χ2v) is 4.25. The quantitative estimate of drug-likeness (QED) is 0.394. The Balaban J connectivity index is -0.0000000522. The van der Waals surface area contributed by atoms with E-state index in [0.717, 1.165) is 5.75 Å². The maximum absolute atomic E-state index is 4.65. The number of unbranched alkanes of at least 4 members (excludes halogenated alkanes) is 1. The predicted molar refractivity (Wildman–Crippen MR) is 73.3 cm³/mol. The zero-order valence-electron chi connectivity index (χ0n) is 10.7. The third kappa shape index (κ3) is 219. The van der Waals surface area contributed by atoms with Gasteiger partial charge in [0.15, 0.2) is 0 Å². The maximum atomic E-state index is 4.65. The zero-order valence-corrected chi connectivity index (χ0v) is 12.6. The predicted octanol–water partition coefficient (Wildman–Crippen LogP) is 3.91. The van der Waals surface area contributed by atoms with Crippen LogP contribution in [-0.2, 0) is 12.6 Å². The van der Waals surface area contributed by atoms with Crippen LogP contribution in [-0.4, -0.2) is 23.1 Å². The summed E-state index contributed by atoms with van der Waals surface area (Å²) < 4.78 is 0. The van der Waals surface area contributed by atoms with Crippen LogP contribution in [0.3, 0.4) is 0 Å². The van der Waals surface area contributed by atoms with Gasteiger partial charge in [0.2, 0.25) is 0 Å². The second-order valence-electron chi connectivity index (χ2n) is 3.85. The van der Waals surface area contributed by atoms with Crippen LogP contribution in [0.15, 0.2) is 0 Å². The molecule has 0 atom stereocenters. The zero-order chi connectivity index (χ0) is 11.3. The molecule has 0 radical (unpaired) electrons. The Labute approximate surface area is 109 Å². The first kappa shape index (κ1) is 24.2. The van der Waals surface area contributed by atoms with Gasteiger partial charge in [-0.3, -0.25) is 0 Å². The van der Waals surface area contributed by atoms with Gasteiger partial charge in [-0.2, -0.15) is 17.6 Å². The van der Waals surface area contributed by atoms with Crippen LogP contribution in [0.25, 0.3) is 0 Å². The van der Waals surface area contributed by atoms with Crippen molar-refractivity contribution in [2.75, 3.05) is 5.75 Å². The first-order chi connectivity index (χ1) is 5.88. The molecule has 0 amide bonds. The maximum Gasteiger partial charge on any atom is 3.00 e. The molecule has 0 aliphatic rings. The molecule has 0 aliphatic carbocycles. The van der Waals surface area contributed by atoms with Crippen molar-refractivity contribution in [3.8, 4) is 0 Å². The van der Waals surface area contributed by atoms with Crippen LogP contribution in [0.1, 0.15) is 47.5 Å². The van der Waals surface area contributed by atoms with Crippen molar-refractivity contribution in [2.45, 2.75) is 47.5 Å². The van der Waals surface area contributed by atoms with E-state index in [1.54, 1.807) is 0 Å². The van der Waals surface area contributed by atoms with Crippen LogP contribution in [0.4, 0.5) is 0 Å². The topological polar surface area (TPSA) is 0 Å². The van der Waals surface area contributed by atoms with Crippen molar-refractivity contribution in [1.82, 2.24) is 0 Å². The minimum absolute atomic E-state index is 0. The molecule has 0 spiro atoms. The first-order valence-corrected chi connectivity index (χ1v) is 5.70. The van der Waals surface area contributed by atoms with Gasteiger partial charge in [-0.25, -0.2) is 0 Å². The van der Waals surface area contributed by atoms with Crippen molar-refractivity contribution in [3.63, 3.8) is 0 Å². The largest absolute Gasteiger partial charge is 3.00 e. The molecular formula is C12H27AlS. The Hall–Kier alpha value is 0.882. The average Bonchev–Trinajstić information content (AvgIpc) is 1.86. The van der Waals surface area contributed by atoms with Gasteiger partial charge in [0.25, 0.3) is 0 Å². The molecule has 0 fully saturated rings. The van der Waals surface area contributed by atoms with Gasteiger partial charge in [-0.15, -0.1) is 0 Å². The van der Waals surface area contributed by atoms with Crippen LogP contribution >= 0.6 is 0 Å². The van der Waals surface area contributed by atoms with Gasteiger partial charge in [0.05, 0.1) is 0 Å². The summed E-state index contributed by atoms with van der Waals surface area (Å²) in [4.78, 5) is 0. The smallest absolute Gasteiger partial charge is 0.793 e. The van der Waals surface area contributed by atoms with E-state index in [-0.39, 0.29) is 17.4 Å². The molecule has 14 heavy (non-hydrogen) atoms. The van der Waals surface area contributed by atoms with E-state index >= 15 is 0 Å². The van der Waals surface area contributed by atoms with Gasteiger partial charge in [-0.1, -0.05) is 47.5 Å². The third-order valence-electron chi connectivity index (χ3n) is 0.498. The van der Waals surface area contributed by atoms with Gasteiger partial charge >= 0.3 is 17.4 Å². The van der Waals surface area contributed by atoms with Gasteiger partial charge in [0, 0.05) is 0 Å². The molecule has 0 nitrogen and oxygen atoms in total. The van der Waals surface area contributed by atoms with E-state index in [9.17, 15) is 0 Å². The van der Waals surface area contributed by atoms with Crippen LogP contribution in [0, 0.1) is 25.7 Å². The molecule has 0 bridgehead atoms. The summed E-state index contributed by atoms with van der Waals surface area (Å²) in [5, 5.41) is 0. The normalized spacial score (nSPS) is 8.14. The van der Waals surface area contributed by atoms with Crippen molar-refractivity contribution in [3.05, 3.63) is 13.8 Å². The molecule has 0 rings (SSSR count). The number of hydrogen-bond acceptors (Lipinski definition) is 1. The Morgan fingerprint density at radius 2 is 1.21 bits per heavy atom. The molecule has 84 valence electrons. The van der Waals surface area contributed by atoms with Gasteiger partial charge in [0.1, 0.15) is 0 Å². The molecule has 0 saturated carbocycles. The first-order valence-electron chi connectivity index (χ1n) is 5.12. The molecule has 0 aliphatic heterocycles. The van der Waals surface area contributed by atoms with E-state index in [2.05, 4.69) is 61.1 Å². The molecule has 0 aromatic heterocycles. The average molecular weight is 230 g/mol. The monoisotopic (exact) mass is 230 g/mol. The van der Waals surface area contributed by atoms with Crippen molar-refractivity contribution < 1.29 is 0 Å². The Morgan fingerprint density at radius 3 is 1.21 bits per heavy atom. The third-order valence-corrected chi connectivity index (χ3v) is 0.787. The summed E-state index contributed by atoms with van der Waals surface area (Å²) in [7, 11) is 0. The Kier molecular flexibility index (Phi) is 40.8. The van der Waals surface area contributed by atoms with Crippen molar-refractivity contribution in [2.24, 2.45) is 11.8 Å². The van der Waals surface area contributed by atoms with E-state index in [1.165, 1.54) is 12.8 Å². The fraction of sp³-hybridized carbons (Fsp3) is 0.833. The van der Waals surface area contributed by atoms with E-state index in [4.69, 9.17) is 0 Å². The summed E-state index contributed by atoms with van der Waals surface area (Å²) in [5.74, 6) is 2.09. The Bertz CT molecular complexity index is 49.8. The van der Waals surface area contributed by atoms with Crippen molar-refractivity contribution in [1.29, 1.82) is 0 Å². The molecule has 0 aromatic rings. The summed E-state index contributed by atoms with van der Waals surface area (Å²) in [6, 6.07) is 0. The van der Waals surface area contributed by atoms with Gasteiger partial charge in [-0.05, 0) is 0 Å². The molecule has 2 heteroatoms. The summed E-state index contributed by atoms with van der Waals surface area (Å²) in [5.41, 5.74) is 0. The standard InChI is InChI=1S/C4H10S.2C4H9.Al/c1-2-3-4-5;2*1-4(2)3;/h5H,2-4H2,1H3;2*4H,1H2,2-3H3;/q;2*-1;+3/p-1.